The molecule has 1 N–H and O–H groups in total. The molecule has 6 heteroatoms. The zero-order chi connectivity index (χ0) is 13.8. The van der Waals surface area contributed by atoms with Crippen molar-refractivity contribution in [3.8, 4) is 0 Å². The summed E-state index contributed by atoms with van der Waals surface area (Å²) in [7, 11) is 0. The molecule has 5 nitrogen and oxygen atoms in total. The number of aromatic nitrogens is 1. The van der Waals surface area contributed by atoms with E-state index >= 15 is 0 Å². The molecule has 0 bridgehead atoms. The van der Waals surface area contributed by atoms with Gasteiger partial charge in [-0.3, -0.25) is 4.79 Å². The number of halogens is 1. The first-order chi connectivity index (χ1) is 9.13. The van der Waals surface area contributed by atoms with Gasteiger partial charge in [-0.05, 0) is 25.5 Å². The van der Waals surface area contributed by atoms with E-state index in [2.05, 4.69) is 4.98 Å². The Morgan fingerprint density at radius 3 is 3.11 bits per heavy atom. The average Bonchev–Trinajstić information content (AvgIpc) is 2.39. The molecule has 104 valence electrons. The molecule has 2 rings (SSSR count). The number of nitrogens with zero attached hydrogens (tertiary/aromatic N) is 2. The second-order valence-corrected chi connectivity index (χ2v) is 4.88. The molecule has 1 aliphatic rings. The molecule has 1 aliphatic heterocycles. The molecule has 0 aromatic carbocycles. The molecular weight excluding hydrogens is 268 g/mol. The minimum absolute atomic E-state index is 0.331. The third kappa shape index (κ3) is 3.16. The Bertz CT molecular complexity index is 455. The van der Waals surface area contributed by atoms with Crippen LogP contribution in [0.4, 0.5) is 5.82 Å². The van der Waals surface area contributed by atoms with Gasteiger partial charge in [0, 0.05) is 19.3 Å². The minimum atomic E-state index is -0.758. The Kier molecular flexibility index (Phi) is 4.61. The molecule has 19 heavy (non-hydrogen) atoms. The number of carbonyl (C=O) groups is 1. The first-order valence-electron chi connectivity index (χ1n) is 6.33. The highest BCUT2D eigenvalue weighted by molar-refractivity contribution is 6.32. The number of ether oxygens (including phenoxy) is 1. The maximum Gasteiger partial charge on any atom is 0.311 e. The maximum absolute atomic E-state index is 11.7. The summed E-state index contributed by atoms with van der Waals surface area (Å²) in [5.74, 6) is -0.147. The Labute approximate surface area is 117 Å². The number of aliphatic hydroxyl groups is 1. The van der Waals surface area contributed by atoms with E-state index in [1.807, 2.05) is 4.90 Å². The summed E-state index contributed by atoms with van der Waals surface area (Å²) in [6, 6.07) is 3.52. The van der Waals surface area contributed by atoms with E-state index in [-0.39, 0.29) is 5.97 Å². The second kappa shape index (κ2) is 6.21. The predicted molar refractivity (Wildman–Crippen MR) is 72.2 cm³/mol. The van der Waals surface area contributed by atoms with Crippen molar-refractivity contribution in [2.45, 2.75) is 19.4 Å². The Balaban J connectivity index is 2.04. The highest BCUT2D eigenvalue weighted by Crippen LogP contribution is 2.28. The summed E-state index contributed by atoms with van der Waals surface area (Å²) < 4.78 is 4.96. The van der Waals surface area contributed by atoms with Crippen molar-refractivity contribution in [2.24, 2.45) is 5.92 Å². The SMILES string of the molecule is CCOC(=O)C1CCN(c2ncccc2Cl)CC1O. The van der Waals surface area contributed by atoms with Crippen molar-refractivity contribution in [3.63, 3.8) is 0 Å². The highest BCUT2D eigenvalue weighted by atomic mass is 35.5. The number of β-amino-alcohol motifs (C(OH)–C–C–N with tert-alkyl or cyclic N) is 1. The molecule has 2 atom stereocenters. The van der Waals surface area contributed by atoms with E-state index in [1.165, 1.54) is 0 Å². The van der Waals surface area contributed by atoms with Gasteiger partial charge in [-0.15, -0.1) is 0 Å². The third-order valence-electron chi connectivity index (χ3n) is 3.21. The summed E-state index contributed by atoms with van der Waals surface area (Å²) in [6.07, 6.45) is 1.43. The number of rotatable bonds is 3. The van der Waals surface area contributed by atoms with Crippen LogP contribution in [-0.4, -0.2) is 41.9 Å². The number of hydrogen-bond acceptors (Lipinski definition) is 5. The molecule has 0 radical (unpaired) electrons. The molecule has 1 aromatic rings. The van der Waals surface area contributed by atoms with Crippen LogP contribution in [0.5, 0.6) is 0 Å². The topological polar surface area (TPSA) is 62.7 Å². The van der Waals surface area contributed by atoms with Gasteiger partial charge in [0.25, 0.3) is 0 Å². The summed E-state index contributed by atoms with van der Waals surface area (Å²) in [6.45, 7) is 3.04. The minimum Gasteiger partial charge on any atom is -0.466 e. The van der Waals surface area contributed by atoms with E-state index in [9.17, 15) is 9.90 Å². The fourth-order valence-electron chi connectivity index (χ4n) is 2.26. The monoisotopic (exact) mass is 284 g/mol. The number of pyridine rings is 1. The zero-order valence-corrected chi connectivity index (χ0v) is 11.5. The van der Waals surface area contributed by atoms with Crippen LogP contribution >= 0.6 is 11.6 Å². The lowest BCUT2D eigenvalue weighted by atomic mass is 9.94. The van der Waals surface area contributed by atoms with Gasteiger partial charge in [0.2, 0.25) is 0 Å². The standard InChI is InChI=1S/C13H17ClN2O3/c1-2-19-13(18)9-5-7-16(8-11(9)17)12-10(14)4-3-6-15-12/h3-4,6,9,11,17H,2,5,7-8H2,1H3. The lowest BCUT2D eigenvalue weighted by molar-refractivity contribution is -0.152. The summed E-state index contributed by atoms with van der Waals surface area (Å²) in [5, 5.41) is 10.6. The van der Waals surface area contributed by atoms with Gasteiger partial charge in [-0.1, -0.05) is 11.6 Å². The van der Waals surface area contributed by atoms with Crippen LogP contribution in [-0.2, 0) is 9.53 Å². The predicted octanol–water partition coefficient (Wildman–Crippen LogP) is 1.49. The van der Waals surface area contributed by atoms with Gasteiger partial charge >= 0.3 is 5.97 Å². The van der Waals surface area contributed by atoms with Crippen LogP contribution in [0.25, 0.3) is 0 Å². The van der Waals surface area contributed by atoms with Crippen LogP contribution in [0, 0.1) is 5.92 Å². The Hall–Kier alpha value is -1.33. The van der Waals surface area contributed by atoms with E-state index in [0.29, 0.717) is 37.0 Å². The van der Waals surface area contributed by atoms with Crippen molar-refractivity contribution in [1.82, 2.24) is 4.98 Å². The van der Waals surface area contributed by atoms with Crippen LogP contribution < -0.4 is 4.90 Å². The fourth-order valence-corrected chi connectivity index (χ4v) is 2.50. The van der Waals surface area contributed by atoms with E-state index in [1.54, 1.807) is 25.3 Å². The van der Waals surface area contributed by atoms with Crippen LogP contribution in [0.15, 0.2) is 18.3 Å². The molecule has 1 aromatic heterocycles. The number of anilines is 1. The quantitative estimate of drug-likeness (QED) is 0.852. The summed E-state index contributed by atoms with van der Waals surface area (Å²) >= 11 is 6.08. The normalized spacial score (nSPS) is 23.2. The lowest BCUT2D eigenvalue weighted by Gasteiger charge is -2.35. The van der Waals surface area contributed by atoms with Crippen molar-refractivity contribution in [3.05, 3.63) is 23.4 Å². The van der Waals surface area contributed by atoms with Gasteiger partial charge in [0.15, 0.2) is 0 Å². The zero-order valence-electron chi connectivity index (χ0n) is 10.8. The van der Waals surface area contributed by atoms with Gasteiger partial charge in [0.1, 0.15) is 5.82 Å². The van der Waals surface area contributed by atoms with Gasteiger partial charge in [-0.2, -0.15) is 0 Å². The first kappa shape index (κ1) is 14.1. The Morgan fingerprint density at radius 2 is 2.47 bits per heavy atom. The van der Waals surface area contributed by atoms with Gasteiger partial charge in [0.05, 0.1) is 23.7 Å². The van der Waals surface area contributed by atoms with Gasteiger partial charge < -0.3 is 14.7 Å². The largest absolute Gasteiger partial charge is 0.466 e. The van der Waals surface area contributed by atoms with Crippen LogP contribution in [0.3, 0.4) is 0 Å². The molecule has 2 heterocycles. The maximum atomic E-state index is 11.7. The van der Waals surface area contributed by atoms with Crippen LogP contribution in [0.2, 0.25) is 5.02 Å². The second-order valence-electron chi connectivity index (χ2n) is 4.47. The van der Waals surface area contributed by atoms with E-state index in [0.717, 1.165) is 0 Å². The molecule has 2 unspecified atom stereocenters. The molecule has 0 amide bonds. The van der Waals surface area contributed by atoms with Crippen molar-refractivity contribution < 1.29 is 14.6 Å². The smallest absolute Gasteiger partial charge is 0.311 e. The number of esters is 1. The van der Waals surface area contributed by atoms with E-state index in [4.69, 9.17) is 16.3 Å². The molecule has 1 fully saturated rings. The lowest BCUT2D eigenvalue weighted by Crippen LogP contribution is -2.47. The Morgan fingerprint density at radius 1 is 1.68 bits per heavy atom. The number of piperidine rings is 1. The van der Waals surface area contributed by atoms with E-state index < -0.39 is 12.0 Å². The summed E-state index contributed by atoms with van der Waals surface area (Å²) in [4.78, 5) is 17.8. The summed E-state index contributed by atoms with van der Waals surface area (Å²) in [5.41, 5.74) is 0. The van der Waals surface area contributed by atoms with Crippen LogP contribution in [0.1, 0.15) is 13.3 Å². The average molecular weight is 285 g/mol. The van der Waals surface area contributed by atoms with Crippen molar-refractivity contribution in [1.29, 1.82) is 0 Å². The fraction of sp³-hybridized carbons (Fsp3) is 0.538. The number of aliphatic hydroxyl groups excluding tert-OH is 1. The van der Waals surface area contributed by atoms with Gasteiger partial charge in [-0.25, -0.2) is 4.98 Å². The molecule has 0 spiro atoms. The third-order valence-corrected chi connectivity index (χ3v) is 3.50. The van der Waals surface area contributed by atoms with Crippen molar-refractivity contribution >= 4 is 23.4 Å². The molecular formula is C13H17ClN2O3. The molecule has 1 saturated heterocycles. The molecule has 0 saturated carbocycles. The molecule has 0 aliphatic carbocycles. The number of carbonyl (C=O) groups excluding carboxylic acids is 1. The van der Waals surface area contributed by atoms with Crippen molar-refractivity contribution in [2.75, 3.05) is 24.6 Å². The highest BCUT2D eigenvalue weighted by Gasteiger charge is 2.34. The first-order valence-corrected chi connectivity index (χ1v) is 6.71. The number of hydrogen-bond donors (Lipinski definition) is 1.